The van der Waals surface area contributed by atoms with Gasteiger partial charge in [-0.1, -0.05) is 63.6 Å². The van der Waals surface area contributed by atoms with Gasteiger partial charge < -0.3 is 37.2 Å². The SMILES string of the molecule is CCCCC[SiH](C1=[C-]CC=C1C(C)CC)c1c(C)c(C)c(C)c(C)c1C.[Cl-].[Cl-].[Cl-].[Ti+4]. The van der Waals surface area contributed by atoms with Crippen molar-refractivity contribution in [3.63, 3.8) is 0 Å². The van der Waals surface area contributed by atoms with Crippen LogP contribution in [0.3, 0.4) is 0 Å². The van der Waals surface area contributed by atoms with Gasteiger partial charge in [-0.3, -0.25) is 6.08 Å². The van der Waals surface area contributed by atoms with Crippen LogP contribution in [0.15, 0.2) is 16.8 Å². The number of allylic oxidation sites excluding steroid dienone is 4. The zero-order valence-corrected chi connectivity index (χ0v) is 25.1. The van der Waals surface area contributed by atoms with Crippen molar-refractivity contribution in [2.75, 3.05) is 0 Å². The van der Waals surface area contributed by atoms with E-state index in [1.165, 1.54) is 48.4 Å². The fourth-order valence-electron chi connectivity index (χ4n) is 4.58. The summed E-state index contributed by atoms with van der Waals surface area (Å²) in [5.74, 6) is 0.675. The van der Waals surface area contributed by atoms with E-state index >= 15 is 0 Å². The summed E-state index contributed by atoms with van der Waals surface area (Å²) >= 11 is 0. The average Bonchev–Trinajstić information content (AvgIpc) is 3.12. The Morgan fingerprint density at radius 2 is 1.37 bits per heavy atom. The summed E-state index contributed by atoms with van der Waals surface area (Å²) in [5, 5.41) is 3.39. The molecule has 0 bridgehead atoms. The third-order valence-electron chi connectivity index (χ3n) is 6.92. The molecule has 30 heavy (non-hydrogen) atoms. The van der Waals surface area contributed by atoms with E-state index in [1.807, 2.05) is 0 Å². The van der Waals surface area contributed by atoms with Gasteiger partial charge >= 0.3 is 21.7 Å². The molecule has 0 fully saturated rings. The Morgan fingerprint density at radius 1 is 0.867 bits per heavy atom. The van der Waals surface area contributed by atoms with Crippen LogP contribution >= 0.6 is 0 Å². The Hall–Kier alpha value is 0.501. The first kappa shape index (κ1) is 35.1. The third kappa shape index (κ3) is 7.53. The largest absolute Gasteiger partial charge is 4.00 e. The van der Waals surface area contributed by atoms with E-state index in [0.29, 0.717) is 5.92 Å². The van der Waals surface area contributed by atoms with Gasteiger partial charge in [0.05, 0.1) is 8.80 Å². The summed E-state index contributed by atoms with van der Waals surface area (Å²) in [6, 6.07) is 1.40. The molecule has 2 rings (SSSR count). The van der Waals surface area contributed by atoms with Crippen molar-refractivity contribution in [2.45, 2.75) is 93.5 Å². The van der Waals surface area contributed by atoms with E-state index in [9.17, 15) is 0 Å². The fraction of sp³-hybridized carbons (Fsp3) is 0.600. The number of rotatable bonds is 8. The van der Waals surface area contributed by atoms with Crippen molar-refractivity contribution in [1.82, 2.24) is 0 Å². The van der Waals surface area contributed by atoms with Gasteiger partial charge in [0.2, 0.25) is 0 Å². The zero-order valence-electron chi connectivity index (χ0n) is 20.1. The normalized spacial score (nSPS) is 14.3. The molecule has 1 aliphatic carbocycles. The molecule has 0 saturated heterocycles. The monoisotopic (exact) mass is 520 g/mol. The summed E-state index contributed by atoms with van der Waals surface area (Å²) in [5.41, 5.74) is 9.31. The van der Waals surface area contributed by atoms with Crippen LogP contribution in [0.5, 0.6) is 0 Å². The van der Waals surface area contributed by atoms with E-state index in [4.69, 9.17) is 0 Å². The minimum absolute atomic E-state index is 0. The molecule has 0 radical (unpaired) electrons. The topological polar surface area (TPSA) is 0 Å². The van der Waals surface area contributed by atoms with Crippen LogP contribution in [-0.4, -0.2) is 8.80 Å². The second-order valence-corrected chi connectivity index (χ2v) is 11.2. The average molecular weight is 522 g/mol. The number of benzene rings is 1. The van der Waals surface area contributed by atoms with Crippen molar-refractivity contribution in [2.24, 2.45) is 5.92 Å². The Balaban J connectivity index is -0.00000182. The van der Waals surface area contributed by atoms with Crippen LogP contribution in [0.25, 0.3) is 0 Å². The van der Waals surface area contributed by atoms with Crippen LogP contribution in [0.1, 0.15) is 80.7 Å². The summed E-state index contributed by atoms with van der Waals surface area (Å²) in [6.45, 7) is 18.8. The van der Waals surface area contributed by atoms with Gasteiger partial charge in [0.25, 0.3) is 0 Å². The summed E-state index contributed by atoms with van der Waals surface area (Å²) < 4.78 is 0. The smallest absolute Gasteiger partial charge is 1.00 e. The first-order valence-corrected chi connectivity index (χ1v) is 12.7. The molecule has 2 atom stereocenters. The molecular formula is C25H39Cl3SiTi. The van der Waals surface area contributed by atoms with Crippen LogP contribution < -0.4 is 42.4 Å². The molecule has 1 aromatic rings. The van der Waals surface area contributed by atoms with Gasteiger partial charge in [0, 0.05) is 0 Å². The second-order valence-electron chi connectivity index (χ2n) is 8.35. The summed E-state index contributed by atoms with van der Waals surface area (Å²) in [7, 11) is -1.22. The quantitative estimate of drug-likeness (QED) is 0.202. The van der Waals surface area contributed by atoms with Gasteiger partial charge in [0.1, 0.15) is 0 Å². The Morgan fingerprint density at radius 3 is 1.83 bits per heavy atom. The molecule has 0 nitrogen and oxygen atoms in total. The van der Waals surface area contributed by atoms with Crippen molar-refractivity contribution in [1.29, 1.82) is 0 Å². The fourth-order valence-corrected chi connectivity index (χ4v) is 8.79. The van der Waals surface area contributed by atoms with Gasteiger partial charge in [0.15, 0.2) is 0 Å². The molecule has 2 unspecified atom stereocenters. The first-order valence-electron chi connectivity index (χ1n) is 10.7. The van der Waals surface area contributed by atoms with Crippen molar-refractivity contribution in [3.05, 3.63) is 50.7 Å². The zero-order chi connectivity index (χ0) is 19.4. The van der Waals surface area contributed by atoms with Crippen molar-refractivity contribution < 1.29 is 58.9 Å². The molecule has 1 aromatic carbocycles. The molecule has 0 aromatic heterocycles. The van der Waals surface area contributed by atoms with Crippen molar-refractivity contribution >= 4 is 14.0 Å². The maximum Gasteiger partial charge on any atom is 4.00 e. The van der Waals surface area contributed by atoms with E-state index in [1.54, 1.807) is 27.1 Å². The Kier molecular flexibility index (Phi) is 18.9. The maximum absolute atomic E-state index is 3.84. The molecule has 5 heteroatoms. The number of halogens is 3. The summed E-state index contributed by atoms with van der Waals surface area (Å²) in [6.07, 6.45) is 12.6. The van der Waals surface area contributed by atoms with Gasteiger partial charge in [-0.2, -0.15) is 11.6 Å². The van der Waals surface area contributed by atoms with Crippen LogP contribution in [0, 0.1) is 46.6 Å². The van der Waals surface area contributed by atoms with Crippen LogP contribution in [0.2, 0.25) is 6.04 Å². The third-order valence-corrected chi connectivity index (χ3v) is 10.7. The number of unbranched alkanes of at least 4 members (excludes halogenated alkanes) is 2. The van der Waals surface area contributed by atoms with Gasteiger partial charge in [-0.05, 0) is 62.4 Å². The van der Waals surface area contributed by atoms with E-state index in [0.717, 1.165) is 6.42 Å². The molecule has 1 aliphatic rings. The molecule has 0 saturated carbocycles. The van der Waals surface area contributed by atoms with Gasteiger partial charge in [-0.15, -0.1) is 6.42 Å². The molecular weight excluding hydrogens is 483 g/mol. The predicted molar refractivity (Wildman–Crippen MR) is 120 cm³/mol. The van der Waals surface area contributed by atoms with Crippen LogP contribution in [-0.2, 0) is 21.7 Å². The molecule has 0 spiro atoms. The standard InChI is InChI=1S/C25H39Si.3ClH.Ti/c1-9-11-12-16-26(24-15-13-14-23(24)17(3)10-2)25-21(7)19(5)18(4)20(6)22(25)8;;;;/h14,17,26H,9-13,16H2,1-8H3;3*1H;/q-1;;;;+4/p-3. The maximum atomic E-state index is 3.84. The van der Waals surface area contributed by atoms with E-state index in [-0.39, 0.29) is 58.9 Å². The predicted octanol–water partition coefficient (Wildman–Crippen LogP) is -2.49. The first-order chi connectivity index (χ1) is 12.3. The molecule has 168 valence electrons. The minimum Gasteiger partial charge on any atom is -1.00 e. The second kappa shape index (κ2) is 16.2. The van der Waals surface area contributed by atoms with Gasteiger partial charge in [-0.25, -0.2) is 5.20 Å². The Labute approximate surface area is 221 Å². The van der Waals surface area contributed by atoms with E-state index < -0.39 is 8.80 Å². The molecule has 0 aliphatic heterocycles. The summed E-state index contributed by atoms with van der Waals surface area (Å²) in [4.78, 5) is 0. The number of hydrogen-bond donors (Lipinski definition) is 0. The Bertz CT molecular complexity index is 697. The molecule has 0 amide bonds. The van der Waals surface area contributed by atoms with Crippen LogP contribution in [0.4, 0.5) is 0 Å². The molecule has 0 heterocycles. The number of hydrogen-bond acceptors (Lipinski definition) is 0. The van der Waals surface area contributed by atoms with E-state index in [2.05, 4.69) is 67.5 Å². The van der Waals surface area contributed by atoms with Crippen molar-refractivity contribution in [3.8, 4) is 0 Å². The molecule has 0 N–H and O–H groups in total. The minimum atomic E-state index is -1.22.